The van der Waals surface area contributed by atoms with Crippen LogP contribution in [-0.2, 0) is 0 Å². The third-order valence-corrected chi connectivity index (χ3v) is 7.74. The lowest BCUT2D eigenvalue weighted by Gasteiger charge is -2.31. The lowest BCUT2D eigenvalue weighted by molar-refractivity contribution is 0.279. The van der Waals surface area contributed by atoms with Crippen LogP contribution in [0.15, 0.2) is 71.6 Å². The van der Waals surface area contributed by atoms with E-state index in [1.165, 1.54) is 43.2 Å². The SMILES string of the molecule is Cc1ccc(-c2cn([C@H](c3ccccn3)C3CCCCC3)c3cc(-c4c(C)noc4C)cnc23)cc1. The second-order valence-electron chi connectivity index (χ2n) is 10.2. The maximum atomic E-state index is 5.50. The van der Waals surface area contributed by atoms with E-state index < -0.39 is 0 Å². The standard InChI is InChI=1S/C31H32N4O/c1-20-12-14-23(15-13-20)26-19-35(31(24-9-5-4-6-10-24)27-11-7-8-16-32-27)28-17-25(18-33-30(26)28)29-21(2)34-36-22(29)3/h7-8,11-19,24,31H,4-6,9-10H2,1-3H3/t31-/m0/s1. The molecule has 4 aromatic heterocycles. The summed E-state index contributed by atoms with van der Waals surface area (Å²) in [6.45, 7) is 6.09. The Hall–Kier alpha value is -3.73. The molecule has 6 rings (SSSR count). The number of fused-ring (bicyclic) bond motifs is 1. The van der Waals surface area contributed by atoms with Gasteiger partial charge in [-0.1, -0.05) is 60.3 Å². The summed E-state index contributed by atoms with van der Waals surface area (Å²) in [6, 6.07) is 17.5. The zero-order chi connectivity index (χ0) is 24.6. The fourth-order valence-corrected chi connectivity index (χ4v) is 5.95. The number of nitrogens with zero attached hydrogens (tertiary/aromatic N) is 4. The lowest BCUT2D eigenvalue weighted by Crippen LogP contribution is -2.23. The van der Waals surface area contributed by atoms with E-state index in [4.69, 9.17) is 14.5 Å². The van der Waals surface area contributed by atoms with Crippen LogP contribution in [0.3, 0.4) is 0 Å². The van der Waals surface area contributed by atoms with E-state index >= 15 is 0 Å². The average Bonchev–Trinajstić information content (AvgIpc) is 3.45. The van der Waals surface area contributed by atoms with Crippen molar-refractivity contribution >= 4 is 11.0 Å². The van der Waals surface area contributed by atoms with Gasteiger partial charge in [0.05, 0.1) is 28.5 Å². The van der Waals surface area contributed by atoms with Crippen molar-refractivity contribution < 1.29 is 4.52 Å². The smallest absolute Gasteiger partial charge is 0.141 e. The van der Waals surface area contributed by atoms with Crippen LogP contribution in [-0.4, -0.2) is 19.7 Å². The third kappa shape index (κ3) is 4.02. The van der Waals surface area contributed by atoms with Crippen molar-refractivity contribution in [3.63, 3.8) is 0 Å². The predicted octanol–water partition coefficient (Wildman–Crippen LogP) is 7.85. The second kappa shape index (κ2) is 9.38. The third-order valence-electron chi connectivity index (χ3n) is 7.74. The largest absolute Gasteiger partial charge is 0.361 e. The Kier molecular flexibility index (Phi) is 5.92. The Labute approximate surface area is 212 Å². The molecule has 1 saturated carbocycles. The molecular formula is C31H32N4O. The lowest BCUT2D eigenvalue weighted by atomic mass is 9.82. The van der Waals surface area contributed by atoms with Crippen molar-refractivity contribution in [1.82, 2.24) is 19.7 Å². The first-order chi connectivity index (χ1) is 17.6. The van der Waals surface area contributed by atoms with Gasteiger partial charge in [-0.3, -0.25) is 9.97 Å². The Balaban J connectivity index is 1.61. The molecule has 0 unspecified atom stereocenters. The molecule has 1 aliphatic carbocycles. The highest BCUT2D eigenvalue weighted by atomic mass is 16.5. The molecule has 5 heteroatoms. The molecule has 1 atom stereocenters. The number of aromatic nitrogens is 4. The molecule has 1 aliphatic rings. The van der Waals surface area contributed by atoms with Gasteiger partial charge in [0.15, 0.2) is 0 Å². The van der Waals surface area contributed by atoms with Gasteiger partial charge in [0.1, 0.15) is 5.76 Å². The molecule has 0 spiro atoms. The molecule has 0 saturated heterocycles. The molecule has 0 amide bonds. The zero-order valence-corrected chi connectivity index (χ0v) is 21.2. The number of hydrogen-bond donors (Lipinski definition) is 0. The quantitative estimate of drug-likeness (QED) is 0.259. The molecule has 0 N–H and O–H groups in total. The van der Waals surface area contributed by atoms with E-state index in [-0.39, 0.29) is 6.04 Å². The predicted molar refractivity (Wildman–Crippen MR) is 144 cm³/mol. The summed E-state index contributed by atoms with van der Waals surface area (Å²) in [7, 11) is 0. The van der Waals surface area contributed by atoms with Crippen LogP contribution in [0.25, 0.3) is 33.3 Å². The van der Waals surface area contributed by atoms with Gasteiger partial charge < -0.3 is 9.09 Å². The van der Waals surface area contributed by atoms with Crippen molar-refractivity contribution in [2.75, 3.05) is 0 Å². The normalized spacial score (nSPS) is 15.4. The maximum absolute atomic E-state index is 5.50. The number of aryl methyl sites for hydroxylation is 3. The topological polar surface area (TPSA) is 56.7 Å². The molecule has 5 aromatic rings. The molecule has 5 nitrogen and oxygen atoms in total. The van der Waals surface area contributed by atoms with E-state index in [0.29, 0.717) is 5.92 Å². The van der Waals surface area contributed by atoms with Gasteiger partial charge in [-0.15, -0.1) is 0 Å². The molecule has 36 heavy (non-hydrogen) atoms. The molecule has 0 radical (unpaired) electrons. The molecule has 1 aromatic carbocycles. The molecule has 182 valence electrons. The number of hydrogen-bond acceptors (Lipinski definition) is 4. The Morgan fingerprint density at radius 2 is 1.72 bits per heavy atom. The fourth-order valence-electron chi connectivity index (χ4n) is 5.95. The highest BCUT2D eigenvalue weighted by molar-refractivity contribution is 5.95. The van der Waals surface area contributed by atoms with Crippen LogP contribution in [0.2, 0.25) is 0 Å². The minimum atomic E-state index is 0.162. The highest BCUT2D eigenvalue weighted by Gasteiger charge is 2.30. The van der Waals surface area contributed by atoms with E-state index in [9.17, 15) is 0 Å². The van der Waals surface area contributed by atoms with Crippen LogP contribution >= 0.6 is 0 Å². The van der Waals surface area contributed by atoms with Gasteiger partial charge in [0, 0.05) is 35.3 Å². The first-order valence-electron chi connectivity index (χ1n) is 13.0. The summed E-state index contributed by atoms with van der Waals surface area (Å²) >= 11 is 0. The van der Waals surface area contributed by atoms with Crippen LogP contribution < -0.4 is 0 Å². The van der Waals surface area contributed by atoms with Gasteiger partial charge >= 0.3 is 0 Å². The van der Waals surface area contributed by atoms with Crippen molar-refractivity contribution in [1.29, 1.82) is 0 Å². The van der Waals surface area contributed by atoms with Gasteiger partial charge in [-0.25, -0.2) is 0 Å². The van der Waals surface area contributed by atoms with Crippen LogP contribution in [0.4, 0.5) is 0 Å². The Morgan fingerprint density at radius 3 is 2.42 bits per heavy atom. The van der Waals surface area contributed by atoms with Crippen LogP contribution in [0, 0.1) is 26.7 Å². The molecule has 0 aliphatic heterocycles. The van der Waals surface area contributed by atoms with Crippen LogP contribution in [0.5, 0.6) is 0 Å². The first kappa shape index (κ1) is 22.7. The summed E-state index contributed by atoms with van der Waals surface area (Å²) in [5.74, 6) is 1.36. The van der Waals surface area contributed by atoms with Crippen molar-refractivity contribution in [2.24, 2.45) is 5.92 Å². The first-order valence-corrected chi connectivity index (χ1v) is 13.0. The highest BCUT2D eigenvalue weighted by Crippen LogP contribution is 2.42. The van der Waals surface area contributed by atoms with Crippen LogP contribution in [0.1, 0.15) is 60.9 Å². The maximum Gasteiger partial charge on any atom is 0.141 e. The van der Waals surface area contributed by atoms with E-state index in [1.54, 1.807) is 0 Å². The summed E-state index contributed by atoms with van der Waals surface area (Å²) < 4.78 is 7.95. The van der Waals surface area contributed by atoms with Crippen molar-refractivity contribution in [2.45, 2.75) is 58.9 Å². The number of rotatable bonds is 5. The molecule has 1 fully saturated rings. The van der Waals surface area contributed by atoms with E-state index in [0.717, 1.165) is 44.9 Å². The summed E-state index contributed by atoms with van der Waals surface area (Å²) in [4.78, 5) is 9.91. The van der Waals surface area contributed by atoms with Gasteiger partial charge in [0.25, 0.3) is 0 Å². The Bertz CT molecular complexity index is 1470. The van der Waals surface area contributed by atoms with Crippen molar-refractivity contribution in [3.8, 4) is 22.3 Å². The zero-order valence-electron chi connectivity index (χ0n) is 21.2. The number of benzene rings is 1. The fraction of sp³-hybridized carbons (Fsp3) is 0.323. The minimum Gasteiger partial charge on any atom is -0.361 e. The van der Waals surface area contributed by atoms with E-state index in [1.807, 2.05) is 32.3 Å². The number of pyridine rings is 2. The van der Waals surface area contributed by atoms with E-state index in [2.05, 4.69) is 65.3 Å². The Morgan fingerprint density at radius 1 is 0.917 bits per heavy atom. The summed E-state index contributed by atoms with van der Waals surface area (Å²) in [6.07, 6.45) is 12.5. The van der Waals surface area contributed by atoms with Gasteiger partial charge in [-0.2, -0.15) is 0 Å². The van der Waals surface area contributed by atoms with Gasteiger partial charge in [0.2, 0.25) is 0 Å². The van der Waals surface area contributed by atoms with Gasteiger partial charge in [-0.05, 0) is 63.3 Å². The minimum absolute atomic E-state index is 0.162. The van der Waals surface area contributed by atoms with Crippen molar-refractivity contribution in [3.05, 3.63) is 89.8 Å². The average molecular weight is 477 g/mol. The molecule has 0 bridgehead atoms. The summed E-state index contributed by atoms with van der Waals surface area (Å²) in [5, 5.41) is 4.19. The summed E-state index contributed by atoms with van der Waals surface area (Å²) in [5.41, 5.74) is 9.83. The molecule has 4 heterocycles. The molecular weight excluding hydrogens is 444 g/mol. The monoisotopic (exact) mass is 476 g/mol. The second-order valence-corrected chi connectivity index (χ2v) is 10.2.